The Kier molecular flexibility index (Phi) is 7.82. The van der Waals surface area contributed by atoms with Crippen LogP contribution in [0.1, 0.15) is 24.1 Å². The zero-order valence-corrected chi connectivity index (χ0v) is 18.3. The van der Waals surface area contributed by atoms with Gasteiger partial charge >= 0.3 is 0 Å². The van der Waals surface area contributed by atoms with E-state index in [-0.39, 0.29) is 24.4 Å². The van der Waals surface area contributed by atoms with Crippen LogP contribution in [-0.4, -0.2) is 36.3 Å². The summed E-state index contributed by atoms with van der Waals surface area (Å²) in [6, 6.07) is 25.9. The first kappa shape index (κ1) is 22.5. The van der Waals surface area contributed by atoms with Crippen molar-refractivity contribution in [3.05, 3.63) is 101 Å². The van der Waals surface area contributed by atoms with Gasteiger partial charge in [0.15, 0.2) is 0 Å². The smallest absolute Gasteiger partial charge is 0.238 e. The van der Waals surface area contributed by atoms with Crippen LogP contribution in [0.15, 0.2) is 84.9 Å². The highest BCUT2D eigenvalue weighted by Crippen LogP contribution is 2.22. The Bertz CT molecular complexity index is 972. The van der Waals surface area contributed by atoms with Gasteiger partial charge in [-0.05, 0) is 37.2 Å². The summed E-state index contributed by atoms with van der Waals surface area (Å²) in [5, 5.41) is 6.38. The molecule has 1 atom stereocenters. The van der Waals surface area contributed by atoms with E-state index in [0.717, 1.165) is 11.1 Å². The van der Waals surface area contributed by atoms with Gasteiger partial charge in [-0.2, -0.15) is 0 Å². The molecule has 0 aliphatic carbocycles. The van der Waals surface area contributed by atoms with Crippen molar-refractivity contribution in [3.63, 3.8) is 0 Å². The average Bonchev–Trinajstić information content (AvgIpc) is 2.79. The largest absolute Gasteiger partial charge is 0.344 e. The Hall–Kier alpha value is -3.15. The summed E-state index contributed by atoms with van der Waals surface area (Å²) in [5.41, 5.74) is 2.54. The van der Waals surface area contributed by atoms with E-state index < -0.39 is 6.04 Å². The molecule has 31 heavy (non-hydrogen) atoms. The molecule has 5 nitrogen and oxygen atoms in total. The van der Waals surface area contributed by atoms with Crippen molar-refractivity contribution in [2.24, 2.45) is 0 Å². The Morgan fingerprint density at radius 1 is 0.871 bits per heavy atom. The summed E-state index contributed by atoms with van der Waals surface area (Å²) in [7, 11) is 1.75. The molecule has 3 aromatic rings. The number of rotatable bonds is 8. The third kappa shape index (κ3) is 6.17. The maximum absolute atomic E-state index is 13.0. The molecule has 0 heterocycles. The summed E-state index contributed by atoms with van der Waals surface area (Å²) in [4.78, 5) is 27.2. The van der Waals surface area contributed by atoms with Gasteiger partial charge in [-0.15, -0.1) is 0 Å². The summed E-state index contributed by atoms with van der Waals surface area (Å²) < 4.78 is 0. The molecule has 0 saturated carbocycles. The van der Waals surface area contributed by atoms with Gasteiger partial charge in [0.25, 0.3) is 0 Å². The normalized spacial score (nSPS) is 11.9. The highest BCUT2D eigenvalue weighted by atomic mass is 35.5. The highest BCUT2D eigenvalue weighted by Gasteiger charge is 2.24. The molecule has 2 N–H and O–H groups in total. The molecule has 0 aliphatic rings. The maximum Gasteiger partial charge on any atom is 0.238 e. The summed E-state index contributed by atoms with van der Waals surface area (Å²) in [5.74, 6) is -0.399. The average molecular weight is 436 g/mol. The Labute approximate surface area is 188 Å². The monoisotopic (exact) mass is 435 g/mol. The van der Waals surface area contributed by atoms with Crippen LogP contribution < -0.4 is 10.6 Å². The van der Waals surface area contributed by atoms with Crippen LogP contribution in [0.5, 0.6) is 0 Å². The van der Waals surface area contributed by atoms with Crippen molar-refractivity contribution >= 4 is 29.1 Å². The molecule has 0 saturated heterocycles. The first-order valence-corrected chi connectivity index (χ1v) is 10.5. The van der Waals surface area contributed by atoms with Crippen molar-refractivity contribution in [2.75, 3.05) is 18.9 Å². The summed E-state index contributed by atoms with van der Waals surface area (Å²) >= 11 is 6.10. The molecule has 0 unspecified atom stereocenters. The Balaban J connectivity index is 1.66. The second-order valence-electron chi connectivity index (χ2n) is 7.38. The Morgan fingerprint density at radius 3 is 1.94 bits per heavy atom. The van der Waals surface area contributed by atoms with Crippen molar-refractivity contribution in [1.82, 2.24) is 10.2 Å². The van der Waals surface area contributed by atoms with Gasteiger partial charge in [0.05, 0.1) is 29.3 Å². The number of carbonyl (C=O) groups is 2. The van der Waals surface area contributed by atoms with Gasteiger partial charge in [0.1, 0.15) is 0 Å². The van der Waals surface area contributed by atoms with Crippen LogP contribution in [0.3, 0.4) is 0 Å². The van der Waals surface area contributed by atoms with Crippen molar-refractivity contribution in [1.29, 1.82) is 0 Å². The molecular formula is C25H26ClN3O2. The SMILES string of the molecule is C[C@H](C(=O)NC(c1ccccc1)c1ccccc1)N(C)CC(=O)Nc1ccccc1Cl. The molecule has 3 rings (SSSR count). The standard InChI is InChI=1S/C25H26ClN3O2/c1-18(29(2)17-23(30)27-22-16-10-9-15-21(22)26)25(31)28-24(19-11-5-3-6-12-19)20-13-7-4-8-14-20/h3-16,18,24H,17H2,1-2H3,(H,27,30)(H,28,31)/t18-/m1/s1. The van der Waals surface area contributed by atoms with Gasteiger partial charge in [-0.1, -0.05) is 84.4 Å². The van der Waals surface area contributed by atoms with Crippen LogP contribution >= 0.6 is 11.6 Å². The van der Waals surface area contributed by atoms with Crippen LogP contribution in [-0.2, 0) is 9.59 Å². The van der Waals surface area contributed by atoms with Gasteiger partial charge in [0, 0.05) is 0 Å². The molecule has 0 fully saturated rings. The molecule has 2 amide bonds. The topological polar surface area (TPSA) is 61.4 Å². The van der Waals surface area contributed by atoms with Gasteiger partial charge in [-0.25, -0.2) is 0 Å². The van der Waals surface area contributed by atoms with Gasteiger partial charge < -0.3 is 10.6 Å². The Morgan fingerprint density at radius 2 is 1.39 bits per heavy atom. The molecule has 6 heteroatoms. The molecule has 3 aromatic carbocycles. The number of nitrogens with one attached hydrogen (secondary N) is 2. The molecule has 160 valence electrons. The number of amides is 2. The van der Waals surface area contributed by atoms with Gasteiger partial charge in [-0.3, -0.25) is 14.5 Å². The van der Waals surface area contributed by atoms with Crippen molar-refractivity contribution in [3.8, 4) is 0 Å². The van der Waals surface area contributed by atoms with E-state index in [1.165, 1.54) is 0 Å². The lowest BCUT2D eigenvalue weighted by molar-refractivity contribution is -0.127. The zero-order chi connectivity index (χ0) is 22.2. The fourth-order valence-corrected chi connectivity index (χ4v) is 3.41. The van der Waals surface area contributed by atoms with Crippen molar-refractivity contribution < 1.29 is 9.59 Å². The predicted octanol–water partition coefficient (Wildman–Crippen LogP) is 4.50. The molecule has 0 aromatic heterocycles. The minimum Gasteiger partial charge on any atom is -0.344 e. The molecule has 0 bridgehead atoms. The van der Waals surface area contributed by atoms with E-state index in [4.69, 9.17) is 11.6 Å². The fraction of sp³-hybridized carbons (Fsp3) is 0.200. The number of hydrogen-bond donors (Lipinski definition) is 2. The minimum absolute atomic E-state index is 0.0567. The van der Waals surface area contributed by atoms with E-state index in [1.807, 2.05) is 60.7 Å². The predicted molar refractivity (Wildman–Crippen MR) is 125 cm³/mol. The lowest BCUT2D eigenvalue weighted by atomic mass is 9.98. The minimum atomic E-state index is -0.507. The van der Waals surface area contributed by atoms with Crippen LogP contribution in [0.2, 0.25) is 5.02 Å². The first-order valence-electron chi connectivity index (χ1n) is 10.1. The van der Waals surface area contributed by atoms with Crippen LogP contribution in [0.4, 0.5) is 5.69 Å². The second-order valence-corrected chi connectivity index (χ2v) is 7.79. The van der Waals surface area contributed by atoms with E-state index >= 15 is 0 Å². The lowest BCUT2D eigenvalue weighted by Gasteiger charge is -2.27. The summed E-state index contributed by atoms with van der Waals surface area (Å²) in [6.07, 6.45) is 0. The number of benzene rings is 3. The number of anilines is 1. The number of nitrogens with zero attached hydrogens (tertiary/aromatic N) is 1. The highest BCUT2D eigenvalue weighted by molar-refractivity contribution is 6.33. The third-order valence-electron chi connectivity index (χ3n) is 5.13. The number of para-hydroxylation sites is 1. The molecular weight excluding hydrogens is 410 g/mol. The van der Waals surface area contributed by atoms with Crippen LogP contribution in [0, 0.1) is 0 Å². The second kappa shape index (κ2) is 10.8. The number of carbonyl (C=O) groups excluding carboxylic acids is 2. The maximum atomic E-state index is 13.0. The van der Waals surface area contributed by atoms with Crippen molar-refractivity contribution in [2.45, 2.75) is 19.0 Å². The third-order valence-corrected chi connectivity index (χ3v) is 5.46. The quantitative estimate of drug-likeness (QED) is 0.547. The number of likely N-dealkylation sites (N-methyl/N-ethyl adjacent to an activating group) is 1. The number of hydrogen-bond acceptors (Lipinski definition) is 3. The molecule has 0 radical (unpaired) electrons. The zero-order valence-electron chi connectivity index (χ0n) is 17.6. The van der Waals surface area contributed by atoms with E-state index in [9.17, 15) is 9.59 Å². The number of halogens is 1. The molecule has 0 spiro atoms. The first-order chi connectivity index (χ1) is 15.0. The van der Waals surface area contributed by atoms with E-state index in [1.54, 1.807) is 43.1 Å². The summed E-state index contributed by atoms with van der Waals surface area (Å²) in [6.45, 7) is 1.84. The van der Waals surface area contributed by atoms with Crippen LogP contribution in [0.25, 0.3) is 0 Å². The molecule has 0 aliphatic heterocycles. The lowest BCUT2D eigenvalue weighted by Crippen LogP contribution is -2.47. The van der Waals surface area contributed by atoms with Gasteiger partial charge in [0.2, 0.25) is 11.8 Å². The van der Waals surface area contributed by atoms with E-state index in [0.29, 0.717) is 10.7 Å². The fourth-order valence-electron chi connectivity index (χ4n) is 3.23. The van der Waals surface area contributed by atoms with E-state index in [2.05, 4.69) is 10.6 Å².